The van der Waals surface area contributed by atoms with Crippen molar-refractivity contribution in [3.63, 3.8) is 0 Å². The average molecular weight is 308 g/mol. The zero-order valence-corrected chi connectivity index (χ0v) is 13.4. The van der Waals surface area contributed by atoms with Gasteiger partial charge in [-0.1, -0.05) is 61.2 Å². The first-order chi connectivity index (χ1) is 11.1. The van der Waals surface area contributed by atoms with Gasteiger partial charge in [0, 0.05) is 14.1 Å². The summed E-state index contributed by atoms with van der Waals surface area (Å²) < 4.78 is 0. The molecule has 0 bridgehead atoms. The molecule has 0 saturated carbocycles. The van der Waals surface area contributed by atoms with Crippen molar-refractivity contribution >= 4 is 24.3 Å². The van der Waals surface area contributed by atoms with Crippen molar-refractivity contribution in [3.05, 3.63) is 70.6 Å². The van der Waals surface area contributed by atoms with E-state index in [2.05, 4.69) is 11.6 Å². The van der Waals surface area contributed by atoms with Gasteiger partial charge >= 0.3 is 0 Å². The van der Waals surface area contributed by atoms with Crippen molar-refractivity contribution in [2.75, 3.05) is 14.1 Å². The molecule has 0 unspecified atom stereocenters. The number of hydrogen-bond acceptors (Lipinski definition) is 3. The Hall–Kier alpha value is -2.72. The molecule has 0 radical (unpaired) electrons. The highest BCUT2D eigenvalue weighted by Crippen LogP contribution is 2.02. The van der Waals surface area contributed by atoms with Gasteiger partial charge in [-0.15, -0.1) is 0 Å². The third kappa shape index (κ3) is 4.63. The fraction of sp³-hybridized carbons (Fsp3) is 0.158. The van der Waals surface area contributed by atoms with Crippen molar-refractivity contribution in [3.8, 4) is 0 Å². The van der Waals surface area contributed by atoms with E-state index in [1.807, 2.05) is 54.6 Å². The maximum Gasteiger partial charge on any atom is 0.295 e. The standard InChI is InChI=1S/C19H20N2O2/c1-15-9-7-8-12-17(15)13-18(20-2)19(22)21(3)23-14-16-10-5-4-6-11-16/h4-13H,1,14H2,2-3H3/b17-13-,20-18?. The highest BCUT2D eigenvalue weighted by Gasteiger charge is 2.14. The van der Waals surface area contributed by atoms with E-state index in [0.717, 1.165) is 16.0 Å². The minimum Gasteiger partial charge on any atom is -0.283 e. The molecular formula is C19H20N2O2. The lowest BCUT2D eigenvalue weighted by atomic mass is 10.2. The molecule has 0 heterocycles. The SMILES string of the molecule is C=c1cccc/c1=C/C(=NC)C(=O)N(C)OCc1ccccc1. The van der Waals surface area contributed by atoms with Crippen LogP contribution in [0.2, 0.25) is 0 Å². The van der Waals surface area contributed by atoms with Crippen LogP contribution in [0.15, 0.2) is 59.6 Å². The summed E-state index contributed by atoms with van der Waals surface area (Å²) in [5.41, 5.74) is 1.31. The summed E-state index contributed by atoms with van der Waals surface area (Å²) in [6.45, 7) is 4.27. The van der Waals surface area contributed by atoms with Crippen molar-refractivity contribution in [1.82, 2.24) is 5.06 Å². The molecule has 2 aromatic rings. The molecule has 0 fully saturated rings. The van der Waals surface area contributed by atoms with Crippen molar-refractivity contribution in [1.29, 1.82) is 0 Å². The van der Waals surface area contributed by atoms with E-state index in [0.29, 0.717) is 12.3 Å². The quantitative estimate of drug-likeness (QED) is 0.621. The summed E-state index contributed by atoms with van der Waals surface area (Å²) in [5, 5.41) is 2.91. The Kier molecular flexibility index (Phi) is 5.83. The second-order valence-electron chi connectivity index (χ2n) is 5.01. The molecule has 4 nitrogen and oxygen atoms in total. The molecule has 0 N–H and O–H groups in total. The first-order valence-electron chi connectivity index (χ1n) is 7.29. The number of rotatable bonds is 5. The topological polar surface area (TPSA) is 41.9 Å². The molecule has 0 saturated heterocycles. The van der Waals surface area contributed by atoms with E-state index in [1.165, 1.54) is 5.06 Å². The van der Waals surface area contributed by atoms with Crippen molar-refractivity contribution in [2.45, 2.75) is 6.61 Å². The number of aliphatic imine (C=N–C) groups is 1. The van der Waals surface area contributed by atoms with Crippen LogP contribution in [0.4, 0.5) is 0 Å². The maximum absolute atomic E-state index is 12.4. The zero-order chi connectivity index (χ0) is 16.7. The fourth-order valence-corrected chi connectivity index (χ4v) is 2.01. The Bertz CT molecular complexity index is 798. The molecule has 23 heavy (non-hydrogen) atoms. The molecule has 0 spiro atoms. The van der Waals surface area contributed by atoms with Gasteiger partial charge in [-0.3, -0.25) is 14.6 Å². The minimum atomic E-state index is -0.299. The maximum atomic E-state index is 12.4. The molecule has 0 aliphatic carbocycles. The molecule has 2 aromatic carbocycles. The Morgan fingerprint density at radius 1 is 1.17 bits per heavy atom. The van der Waals surface area contributed by atoms with Gasteiger partial charge in [0.05, 0.1) is 0 Å². The van der Waals surface area contributed by atoms with E-state index in [-0.39, 0.29) is 5.91 Å². The Labute approximate surface area is 136 Å². The molecule has 1 amide bonds. The predicted octanol–water partition coefficient (Wildman–Crippen LogP) is 1.54. The summed E-state index contributed by atoms with van der Waals surface area (Å²) in [4.78, 5) is 22.0. The van der Waals surface area contributed by atoms with E-state index >= 15 is 0 Å². The first kappa shape index (κ1) is 16.6. The van der Waals surface area contributed by atoms with Gasteiger partial charge in [0.2, 0.25) is 0 Å². The summed E-state index contributed by atoms with van der Waals surface area (Å²) in [7, 11) is 3.17. The summed E-state index contributed by atoms with van der Waals surface area (Å²) in [5.74, 6) is -0.299. The molecule has 0 aromatic heterocycles. The van der Waals surface area contributed by atoms with Crippen LogP contribution in [0.25, 0.3) is 12.7 Å². The first-order valence-corrected chi connectivity index (χ1v) is 7.29. The smallest absolute Gasteiger partial charge is 0.283 e. The Balaban J connectivity index is 2.10. The number of carbonyl (C=O) groups is 1. The number of carbonyl (C=O) groups excluding carboxylic acids is 1. The average Bonchev–Trinajstić information content (AvgIpc) is 2.59. The van der Waals surface area contributed by atoms with Crippen molar-refractivity contribution < 1.29 is 9.63 Å². The predicted molar refractivity (Wildman–Crippen MR) is 93.0 cm³/mol. The zero-order valence-electron chi connectivity index (χ0n) is 13.4. The molecule has 118 valence electrons. The number of amides is 1. The molecule has 2 rings (SSSR count). The number of hydrogen-bond donors (Lipinski definition) is 0. The van der Waals surface area contributed by atoms with E-state index < -0.39 is 0 Å². The lowest BCUT2D eigenvalue weighted by Crippen LogP contribution is -2.34. The summed E-state index contributed by atoms with van der Waals surface area (Å²) in [6.07, 6.45) is 1.72. The van der Waals surface area contributed by atoms with E-state index in [9.17, 15) is 4.79 Å². The molecule has 0 atom stereocenters. The largest absolute Gasteiger partial charge is 0.295 e. The van der Waals surface area contributed by atoms with Gasteiger partial charge in [0.1, 0.15) is 12.3 Å². The second kappa shape index (κ2) is 8.06. The summed E-state index contributed by atoms with van der Waals surface area (Å²) >= 11 is 0. The van der Waals surface area contributed by atoms with Crippen LogP contribution in [-0.4, -0.2) is 30.8 Å². The Morgan fingerprint density at radius 3 is 2.48 bits per heavy atom. The third-order valence-electron chi connectivity index (χ3n) is 3.36. The monoisotopic (exact) mass is 308 g/mol. The molecule has 4 heteroatoms. The van der Waals surface area contributed by atoms with Crippen molar-refractivity contribution in [2.24, 2.45) is 4.99 Å². The lowest BCUT2D eigenvalue weighted by molar-refractivity contribution is -0.174. The van der Waals surface area contributed by atoms with Crippen LogP contribution in [-0.2, 0) is 16.2 Å². The Morgan fingerprint density at radius 2 is 1.83 bits per heavy atom. The van der Waals surface area contributed by atoms with E-state index in [1.54, 1.807) is 20.2 Å². The van der Waals surface area contributed by atoms with Crippen LogP contribution in [0.5, 0.6) is 0 Å². The van der Waals surface area contributed by atoms with Crippen LogP contribution in [0.1, 0.15) is 5.56 Å². The highest BCUT2D eigenvalue weighted by molar-refractivity contribution is 6.49. The van der Waals surface area contributed by atoms with Crippen LogP contribution >= 0.6 is 0 Å². The normalized spacial score (nSPS) is 12.3. The molecular weight excluding hydrogens is 288 g/mol. The highest BCUT2D eigenvalue weighted by atomic mass is 16.7. The lowest BCUT2D eigenvalue weighted by Gasteiger charge is -2.16. The van der Waals surface area contributed by atoms with Gasteiger partial charge in [-0.05, 0) is 22.1 Å². The minimum absolute atomic E-state index is 0.299. The number of benzene rings is 2. The second-order valence-corrected chi connectivity index (χ2v) is 5.01. The number of nitrogens with zero attached hydrogens (tertiary/aromatic N) is 2. The van der Waals surface area contributed by atoms with Crippen LogP contribution in [0, 0.1) is 0 Å². The van der Waals surface area contributed by atoms with Gasteiger partial charge in [0.25, 0.3) is 5.91 Å². The van der Waals surface area contributed by atoms with Gasteiger partial charge in [0.15, 0.2) is 0 Å². The van der Waals surface area contributed by atoms with Gasteiger partial charge < -0.3 is 0 Å². The molecule has 0 aliphatic heterocycles. The van der Waals surface area contributed by atoms with Crippen LogP contribution in [0.3, 0.4) is 0 Å². The van der Waals surface area contributed by atoms with Gasteiger partial charge in [-0.25, -0.2) is 5.06 Å². The summed E-state index contributed by atoms with van der Waals surface area (Å²) in [6, 6.07) is 17.3. The molecule has 0 aliphatic rings. The van der Waals surface area contributed by atoms with Crippen LogP contribution < -0.4 is 10.4 Å². The van der Waals surface area contributed by atoms with E-state index in [4.69, 9.17) is 4.84 Å². The number of hydroxylamine groups is 2. The van der Waals surface area contributed by atoms with Gasteiger partial charge in [-0.2, -0.15) is 0 Å². The third-order valence-corrected chi connectivity index (χ3v) is 3.36. The fourth-order valence-electron chi connectivity index (χ4n) is 2.01.